The minimum absolute atomic E-state index is 0.0813. The molecule has 0 aromatic heterocycles. The molecule has 0 aliphatic heterocycles. The van der Waals surface area contributed by atoms with Crippen LogP contribution < -0.4 is 0 Å². The Morgan fingerprint density at radius 3 is 2.45 bits per heavy atom. The number of aliphatic carboxylic acids is 1. The van der Waals surface area contributed by atoms with Crippen molar-refractivity contribution < 1.29 is 9.90 Å². The van der Waals surface area contributed by atoms with Crippen molar-refractivity contribution in [1.29, 1.82) is 0 Å². The summed E-state index contributed by atoms with van der Waals surface area (Å²) >= 11 is 1.71. The van der Waals surface area contributed by atoms with Crippen LogP contribution in [0.15, 0.2) is 47.4 Å². The van der Waals surface area contributed by atoms with Gasteiger partial charge in [-0.2, -0.15) is 0 Å². The number of benzene rings is 2. The summed E-state index contributed by atoms with van der Waals surface area (Å²) in [6, 6.07) is 14.3. The molecule has 2 nitrogen and oxygen atoms in total. The summed E-state index contributed by atoms with van der Waals surface area (Å²) in [5, 5.41) is 8.99. The fourth-order valence-electron chi connectivity index (χ4n) is 2.06. The highest BCUT2D eigenvalue weighted by molar-refractivity contribution is 7.98. The average molecular weight is 286 g/mol. The van der Waals surface area contributed by atoms with Gasteiger partial charge < -0.3 is 5.11 Å². The van der Waals surface area contributed by atoms with E-state index in [0.717, 1.165) is 21.8 Å². The van der Waals surface area contributed by atoms with E-state index in [9.17, 15) is 4.79 Å². The molecule has 3 heteroatoms. The first-order valence-electron chi connectivity index (χ1n) is 6.55. The summed E-state index contributed by atoms with van der Waals surface area (Å²) in [5.41, 5.74) is 4.54. The van der Waals surface area contributed by atoms with Crippen LogP contribution in [0, 0.1) is 13.8 Å². The molecule has 0 aliphatic rings. The highest BCUT2D eigenvalue weighted by Gasteiger charge is 2.09. The van der Waals surface area contributed by atoms with Crippen LogP contribution in [0.3, 0.4) is 0 Å². The lowest BCUT2D eigenvalue weighted by Crippen LogP contribution is -2.02. The first-order valence-corrected chi connectivity index (χ1v) is 7.53. The lowest BCUT2D eigenvalue weighted by atomic mass is 10.1. The molecule has 0 amide bonds. The van der Waals surface area contributed by atoms with Crippen LogP contribution in [0.1, 0.15) is 22.3 Å². The van der Waals surface area contributed by atoms with Gasteiger partial charge in [-0.3, -0.25) is 4.79 Å². The van der Waals surface area contributed by atoms with Crippen molar-refractivity contribution in [3.05, 3.63) is 64.7 Å². The standard InChI is InChI=1S/C17H18O2S/c1-12-6-8-14(9-7-12)11-20-17-13(2)4-3-5-15(17)10-16(18)19/h3-9H,10-11H2,1-2H3,(H,18,19). The summed E-state index contributed by atoms with van der Waals surface area (Å²) in [4.78, 5) is 12.0. The zero-order valence-corrected chi connectivity index (χ0v) is 12.5. The number of hydrogen-bond acceptors (Lipinski definition) is 2. The van der Waals surface area contributed by atoms with E-state index >= 15 is 0 Å². The Kier molecular flexibility index (Phi) is 4.85. The summed E-state index contributed by atoms with van der Waals surface area (Å²) < 4.78 is 0. The van der Waals surface area contributed by atoms with Crippen molar-refractivity contribution >= 4 is 17.7 Å². The molecule has 0 radical (unpaired) electrons. The Balaban J connectivity index is 2.15. The first-order chi connectivity index (χ1) is 9.56. The summed E-state index contributed by atoms with van der Waals surface area (Å²) in [7, 11) is 0. The van der Waals surface area contributed by atoms with Gasteiger partial charge in [0.1, 0.15) is 0 Å². The molecule has 2 aromatic carbocycles. The van der Waals surface area contributed by atoms with Gasteiger partial charge >= 0.3 is 5.97 Å². The minimum atomic E-state index is -0.784. The molecule has 20 heavy (non-hydrogen) atoms. The molecular weight excluding hydrogens is 268 g/mol. The van der Waals surface area contributed by atoms with E-state index in [4.69, 9.17) is 5.11 Å². The van der Waals surface area contributed by atoms with E-state index in [1.54, 1.807) is 11.8 Å². The Labute approximate surface area is 123 Å². The number of carboxylic acid groups (broad SMARTS) is 1. The van der Waals surface area contributed by atoms with Gasteiger partial charge in [0, 0.05) is 10.6 Å². The van der Waals surface area contributed by atoms with Crippen LogP contribution in [-0.4, -0.2) is 11.1 Å². The smallest absolute Gasteiger partial charge is 0.307 e. The van der Waals surface area contributed by atoms with E-state index in [1.807, 2.05) is 25.1 Å². The predicted octanol–water partition coefficient (Wildman–Crippen LogP) is 4.22. The van der Waals surface area contributed by atoms with Gasteiger partial charge in [-0.05, 0) is 30.5 Å². The second kappa shape index (κ2) is 6.62. The molecule has 2 rings (SSSR count). The molecule has 104 valence electrons. The number of hydrogen-bond donors (Lipinski definition) is 1. The number of rotatable bonds is 5. The van der Waals surface area contributed by atoms with Gasteiger partial charge in [0.2, 0.25) is 0 Å². The first kappa shape index (κ1) is 14.7. The van der Waals surface area contributed by atoms with Gasteiger partial charge in [-0.25, -0.2) is 0 Å². The van der Waals surface area contributed by atoms with Gasteiger partial charge in [0.25, 0.3) is 0 Å². The van der Waals surface area contributed by atoms with Crippen LogP contribution in [0.2, 0.25) is 0 Å². The van der Waals surface area contributed by atoms with Crippen LogP contribution >= 0.6 is 11.8 Å². The maximum Gasteiger partial charge on any atom is 0.307 e. The van der Waals surface area contributed by atoms with E-state index in [2.05, 4.69) is 31.2 Å². The number of carbonyl (C=O) groups is 1. The molecule has 0 saturated carbocycles. The van der Waals surface area contributed by atoms with E-state index in [1.165, 1.54) is 11.1 Å². The van der Waals surface area contributed by atoms with Gasteiger partial charge in [-0.1, -0.05) is 48.0 Å². The highest BCUT2D eigenvalue weighted by atomic mass is 32.2. The second-order valence-corrected chi connectivity index (χ2v) is 5.89. The molecule has 2 aromatic rings. The van der Waals surface area contributed by atoms with Gasteiger partial charge in [0.05, 0.1) is 6.42 Å². The molecule has 0 heterocycles. The van der Waals surface area contributed by atoms with Crippen LogP contribution in [0.5, 0.6) is 0 Å². The fourth-order valence-corrected chi connectivity index (χ4v) is 3.19. The third-order valence-corrected chi connectivity index (χ3v) is 4.49. The maximum atomic E-state index is 10.9. The third-order valence-electron chi connectivity index (χ3n) is 3.14. The van der Waals surface area contributed by atoms with Crippen LogP contribution in [0.4, 0.5) is 0 Å². The van der Waals surface area contributed by atoms with Crippen LogP contribution in [-0.2, 0) is 17.0 Å². The molecule has 0 aliphatic carbocycles. The SMILES string of the molecule is Cc1ccc(CSc2c(C)cccc2CC(=O)O)cc1. The predicted molar refractivity (Wildman–Crippen MR) is 83.3 cm³/mol. The van der Waals surface area contributed by atoms with Crippen molar-refractivity contribution in [2.75, 3.05) is 0 Å². The number of carboxylic acids is 1. The maximum absolute atomic E-state index is 10.9. The quantitative estimate of drug-likeness (QED) is 0.836. The lowest BCUT2D eigenvalue weighted by Gasteiger charge is -2.11. The van der Waals surface area contributed by atoms with Gasteiger partial charge in [-0.15, -0.1) is 11.8 Å². The largest absolute Gasteiger partial charge is 0.481 e. The monoisotopic (exact) mass is 286 g/mol. The number of thioether (sulfide) groups is 1. The van der Waals surface area contributed by atoms with Crippen molar-refractivity contribution in [3.8, 4) is 0 Å². The molecule has 0 bridgehead atoms. The topological polar surface area (TPSA) is 37.3 Å². The van der Waals surface area contributed by atoms with E-state index < -0.39 is 5.97 Å². The Hall–Kier alpha value is -1.74. The van der Waals surface area contributed by atoms with Crippen molar-refractivity contribution in [2.24, 2.45) is 0 Å². The molecule has 0 saturated heterocycles. The highest BCUT2D eigenvalue weighted by Crippen LogP contribution is 2.30. The van der Waals surface area contributed by atoms with E-state index in [0.29, 0.717) is 0 Å². The normalized spacial score (nSPS) is 10.5. The lowest BCUT2D eigenvalue weighted by molar-refractivity contribution is -0.136. The molecule has 0 atom stereocenters. The Bertz CT molecular complexity index is 603. The molecule has 0 unspecified atom stereocenters. The zero-order valence-electron chi connectivity index (χ0n) is 11.7. The molecule has 0 fully saturated rings. The Morgan fingerprint density at radius 1 is 1.10 bits per heavy atom. The second-order valence-electron chi connectivity index (χ2n) is 4.91. The Morgan fingerprint density at radius 2 is 1.80 bits per heavy atom. The molecule has 0 spiro atoms. The van der Waals surface area contributed by atoms with Crippen molar-refractivity contribution in [3.63, 3.8) is 0 Å². The van der Waals surface area contributed by atoms with E-state index in [-0.39, 0.29) is 6.42 Å². The number of aryl methyl sites for hydroxylation is 2. The zero-order chi connectivity index (χ0) is 14.5. The summed E-state index contributed by atoms with van der Waals surface area (Å²) in [6.07, 6.45) is 0.0813. The average Bonchev–Trinajstić information content (AvgIpc) is 2.39. The van der Waals surface area contributed by atoms with Crippen molar-refractivity contribution in [1.82, 2.24) is 0 Å². The molecule has 1 N–H and O–H groups in total. The van der Waals surface area contributed by atoms with Crippen molar-refractivity contribution in [2.45, 2.75) is 30.9 Å². The summed E-state index contributed by atoms with van der Waals surface area (Å²) in [6.45, 7) is 4.10. The van der Waals surface area contributed by atoms with Gasteiger partial charge in [0.15, 0.2) is 0 Å². The minimum Gasteiger partial charge on any atom is -0.481 e. The molecular formula is C17H18O2S. The third kappa shape index (κ3) is 3.87. The van der Waals surface area contributed by atoms with Crippen LogP contribution in [0.25, 0.3) is 0 Å². The summed E-state index contributed by atoms with van der Waals surface area (Å²) in [5.74, 6) is 0.0744. The fraction of sp³-hybridized carbons (Fsp3) is 0.235.